The largest absolute Gasteiger partial charge is 0.300 e. The number of carbonyl (C=O) groups excluding carboxylic acids is 1. The highest BCUT2D eigenvalue weighted by molar-refractivity contribution is 5.78. The molecule has 0 amide bonds. The van der Waals surface area contributed by atoms with Gasteiger partial charge in [-0.05, 0) is 19.3 Å². The number of hydrogen-bond donors (Lipinski definition) is 0. The monoisotopic (exact) mass is 288 g/mol. The summed E-state index contributed by atoms with van der Waals surface area (Å²) in [5.41, 5.74) is 0. The molecule has 20 heavy (non-hydrogen) atoms. The predicted molar refractivity (Wildman–Crippen MR) is 79.2 cm³/mol. The van der Waals surface area contributed by atoms with Crippen molar-refractivity contribution in [3.8, 4) is 0 Å². The topological polar surface area (TPSA) is 17.1 Å². The van der Waals surface area contributed by atoms with E-state index in [4.69, 9.17) is 0 Å². The zero-order valence-electron chi connectivity index (χ0n) is 12.8. The molecule has 0 unspecified atom stereocenters. The van der Waals surface area contributed by atoms with E-state index in [0.717, 1.165) is 25.7 Å². The summed E-state index contributed by atoms with van der Waals surface area (Å²) in [6.45, 7) is 0. The van der Waals surface area contributed by atoms with Gasteiger partial charge in [0.25, 0.3) is 0 Å². The molecule has 0 aromatic rings. The van der Waals surface area contributed by atoms with Gasteiger partial charge in [0, 0.05) is 25.7 Å². The van der Waals surface area contributed by atoms with Gasteiger partial charge in [0.2, 0.25) is 5.92 Å². The molecule has 0 atom stereocenters. The van der Waals surface area contributed by atoms with Crippen LogP contribution in [-0.4, -0.2) is 11.7 Å². The number of carbonyl (C=O) groups is 1. The quantitative estimate of drug-likeness (QED) is 0.530. The van der Waals surface area contributed by atoms with Gasteiger partial charge in [-0.3, -0.25) is 4.79 Å². The minimum atomic E-state index is -2.56. The van der Waals surface area contributed by atoms with Crippen LogP contribution >= 0.6 is 0 Å². The fourth-order valence-corrected chi connectivity index (χ4v) is 2.91. The molecule has 0 aromatic carbocycles. The van der Waals surface area contributed by atoms with E-state index < -0.39 is 5.92 Å². The lowest BCUT2D eigenvalue weighted by Crippen LogP contribution is -2.16. The third-order valence-electron chi connectivity index (χ3n) is 4.25. The molecular formula is C17H30F2O. The van der Waals surface area contributed by atoms with E-state index in [1.807, 2.05) is 0 Å². The second-order valence-corrected chi connectivity index (χ2v) is 6.28. The first-order valence-corrected chi connectivity index (χ1v) is 8.50. The molecule has 0 N–H and O–H groups in total. The fourth-order valence-electron chi connectivity index (χ4n) is 2.91. The summed E-state index contributed by atoms with van der Waals surface area (Å²) in [6.07, 6.45) is 12.0. The van der Waals surface area contributed by atoms with Gasteiger partial charge in [-0.25, -0.2) is 8.78 Å². The smallest absolute Gasteiger partial charge is 0.248 e. The highest BCUT2D eigenvalue weighted by atomic mass is 19.3. The van der Waals surface area contributed by atoms with Crippen molar-refractivity contribution >= 4 is 5.78 Å². The zero-order valence-corrected chi connectivity index (χ0v) is 12.8. The second kappa shape index (κ2) is 10.3. The molecule has 1 saturated carbocycles. The highest BCUT2D eigenvalue weighted by Crippen LogP contribution is 2.28. The SMILES string of the molecule is O=C1CCCCCCCCCCCCC(F)(F)CCC1. The van der Waals surface area contributed by atoms with Crippen LogP contribution in [0.1, 0.15) is 96.3 Å². The molecule has 1 nitrogen and oxygen atoms in total. The van der Waals surface area contributed by atoms with Crippen molar-refractivity contribution in [2.45, 2.75) is 102 Å². The van der Waals surface area contributed by atoms with E-state index in [-0.39, 0.29) is 18.6 Å². The molecule has 0 bridgehead atoms. The standard InChI is InChI=1S/C17H30F2O/c18-17(19)14-10-8-6-4-2-1-3-5-7-9-12-16(20)13-11-15-17/h1-15H2. The molecule has 0 radical (unpaired) electrons. The summed E-state index contributed by atoms with van der Waals surface area (Å²) in [7, 11) is 0. The maximum atomic E-state index is 13.6. The zero-order chi connectivity index (χ0) is 14.7. The average molecular weight is 288 g/mol. The van der Waals surface area contributed by atoms with Crippen LogP contribution in [0, 0.1) is 0 Å². The normalized spacial score (nSPS) is 25.0. The summed E-state index contributed by atoms with van der Waals surface area (Å²) in [5.74, 6) is -2.39. The number of alkyl halides is 2. The van der Waals surface area contributed by atoms with Gasteiger partial charge in [0.1, 0.15) is 5.78 Å². The summed E-state index contributed by atoms with van der Waals surface area (Å²) < 4.78 is 27.2. The van der Waals surface area contributed by atoms with Gasteiger partial charge >= 0.3 is 0 Å². The van der Waals surface area contributed by atoms with Crippen LogP contribution in [0.3, 0.4) is 0 Å². The van der Waals surface area contributed by atoms with Crippen LogP contribution < -0.4 is 0 Å². The lowest BCUT2D eigenvalue weighted by molar-refractivity contribution is -0.119. The van der Waals surface area contributed by atoms with Crippen molar-refractivity contribution in [2.24, 2.45) is 0 Å². The molecule has 3 heteroatoms. The van der Waals surface area contributed by atoms with Crippen molar-refractivity contribution < 1.29 is 13.6 Å². The molecule has 0 spiro atoms. The highest BCUT2D eigenvalue weighted by Gasteiger charge is 2.27. The first-order chi connectivity index (χ1) is 9.60. The summed E-state index contributed by atoms with van der Waals surface area (Å²) in [4.78, 5) is 11.6. The number of rotatable bonds is 0. The molecular weight excluding hydrogens is 258 g/mol. The Kier molecular flexibility index (Phi) is 9.04. The number of Topliss-reactive ketones (excluding diaryl/α,β-unsaturated/α-hetero) is 1. The van der Waals surface area contributed by atoms with Gasteiger partial charge in [-0.15, -0.1) is 0 Å². The third-order valence-corrected chi connectivity index (χ3v) is 4.25. The first kappa shape index (κ1) is 17.6. The van der Waals surface area contributed by atoms with Crippen LogP contribution in [0.25, 0.3) is 0 Å². The molecule has 0 aliphatic heterocycles. The van der Waals surface area contributed by atoms with Crippen LogP contribution in [0.5, 0.6) is 0 Å². The predicted octanol–water partition coefficient (Wildman–Crippen LogP) is 6.06. The molecule has 1 fully saturated rings. The van der Waals surface area contributed by atoms with Crippen LogP contribution in [0.4, 0.5) is 8.78 Å². The minimum Gasteiger partial charge on any atom is -0.300 e. The van der Waals surface area contributed by atoms with Gasteiger partial charge in [-0.2, -0.15) is 0 Å². The maximum absolute atomic E-state index is 13.6. The van der Waals surface area contributed by atoms with Crippen molar-refractivity contribution in [3.63, 3.8) is 0 Å². The van der Waals surface area contributed by atoms with Gasteiger partial charge in [0.15, 0.2) is 0 Å². The Morgan fingerprint density at radius 1 is 0.600 bits per heavy atom. The van der Waals surface area contributed by atoms with Crippen LogP contribution in [0.2, 0.25) is 0 Å². The third kappa shape index (κ3) is 9.44. The lowest BCUT2D eigenvalue weighted by Gasteiger charge is -2.15. The average Bonchev–Trinajstić information content (AvgIpc) is 2.39. The molecule has 118 valence electrons. The van der Waals surface area contributed by atoms with Gasteiger partial charge in [0.05, 0.1) is 0 Å². The van der Waals surface area contributed by atoms with Crippen LogP contribution in [-0.2, 0) is 4.79 Å². The molecule has 1 rings (SSSR count). The fraction of sp³-hybridized carbons (Fsp3) is 0.941. The molecule has 1 aliphatic rings. The Balaban J connectivity index is 2.30. The van der Waals surface area contributed by atoms with Crippen molar-refractivity contribution in [2.75, 3.05) is 0 Å². The summed E-state index contributed by atoms with van der Waals surface area (Å²) in [6, 6.07) is 0. The number of ketones is 1. The van der Waals surface area contributed by atoms with Crippen molar-refractivity contribution in [3.05, 3.63) is 0 Å². The Labute approximate surface area is 122 Å². The Morgan fingerprint density at radius 3 is 1.60 bits per heavy atom. The van der Waals surface area contributed by atoms with Crippen LogP contribution in [0.15, 0.2) is 0 Å². The molecule has 1 aliphatic carbocycles. The molecule has 0 heterocycles. The summed E-state index contributed by atoms with van der Waals surface area (Å²) in [5, 5.41) is 0. The molecule has 0 saturated heterocycles. The number of hydrogen-bond acceptors (Lipinski definition) is 1. The van der Waals surface area contributed by atoms with E-state index in [9.17, 15) is 13.6 Å². The number of halogens is 2. The van der Waals surface area contributed by atoms with E-state index in [1.54, 1.807) is 0 Å². The van der Waals surface area contributed by atoms with E-state index >= 15 is 0 Å². The van der Waals surface area contributed by atoms with E-state index in [0.29, 0.717) is 25.7 Å². The lowest BCUT2D eigenvalue weighted by atomic mass is 10.0. The van der Waals surface area contributed by atoms with Crippen molar-refractivity contribution in [1.82, 2.24) is 0 Å². The van der Waals surface area contributed by atoms with Crippen molar-refractivity contribution in [1.29, 1.82) is 0 Å². The van der Waals surface area contributed by atoms with Gasteiger partial charge in [-0.1, -0.05) is 51.4 Å². The Bertz CT molecular complexity index is 264. The Morgan fingerprint density at radius 2 is 1.00 bits per heavy atom. The van der Waals surface area contributed by atoms with E-state index in [1.165, 1.54) is 32.1 Å². The van der Waals surface area contributed by atoms with Gasteiger partial charge < -0.3 is 0 Å². The maximum Gasteiger partial charge on any atom is 0.248 e. The Hall–Kier alpha value is -0.470. The first-order valence-electron chi connectivity index (χ1n) is 8.50. The second-order valence-electron chi connectivity index (χ2n) is 6.28. The summed E-state index contributed by atoms with van der Waals surface area (Å²) >= 11 is 0. The minimum absolute atomic E-state index is 0.00118. The molecule has 0 aromatic heterocycles. The van der Waals surface area contributed by atoms with E-state index in [2.05, 4.69) is 0 Å².